The van der Waals surface area contributed by atoms with Gasteiger partial charge in [0.15, 0.2) is 0 Å². The first-order chi connectivity index (χ1) is 10.3. The molecule has 0 aliphatic carbocycles. The fourth-order valence-electron chi connectivity index (χ4n) is 1.93. The highest BCUT2D eigenvalue weighted by Gasteiger charge is 2.32. The lowest BCUT2D eigenvalue weighted by Gasteiger charge is -2.22. The number of ether oxygens (including phenoxy) is 1. The van der Waals surface area contributed by atoms with Gasteiger partial charge >= 0.3 is 5.97 Å². The molecule has 0 amide bonds. The summed E-state index contributed by atoms with van der Waals surface area (Å²) >= 11 is 11.8. The zero-order valence-corrected chi connectivity index (χ0v) is 13.4. The number of carbonyl (C=O) groups excluding carboxylic acids is 1. The topological polar surface area (TPSA) is 65.2 Å². The van der Waals surface area contributed by atoms with Gasteiger partial charge in [-0.2, -0.15) is 0 Å². The molecule has 2 rings (SSSR count). The number of pyridine rings is 1. The molecule has 0 fully saturated rings. The summed E-state index contributed by atoms with van der Waals surface area (Å²) < 4.78 is 17.9. The third-order valence-electron chi connectivity index (χ3n) is 3.22. The summed E-state index contributed by atoms with van der Waals surface area (Å²) in [5, 5.41) is 0.109. The largest absolute Gasteiger partial charge is 0.467 e. The van der Waals surface area contributed by atoms with Gasteiger partial charge in [0.2, 0.25) is 0 Å². The average molecular weight is 343 g/mol. The second-order valence-corrected chi connectivity index (χ2v) is 5.68. The first kappa shape index (κ1) is 16.7. The molecule has 2 aromatic rings. The standard InChI is InChI=1S/C15H13Cl2FN2O2/c1-15(19,14(21)22-2)9-6-12(20-13(17)7-9)8-3-4-11(18)10(16)5-8/h3-7H,19H2,1-2H3. The molecule has 2 N–H and O–H groups in total. The predicted octanol–water partition coefficient (Wildman–Crippen LogP) is 3.54. The number of nitrogens with two attached hydrogens (primary N) is 1. The average Bonchev–Trinajstić information content (AvgIpc) is 2.48. The summed E-state index contributed by atoms with van der Waals surface area (Å²) in [4.78, 5) is 16.0. The van der Waals surface area contributed by atoms with Crippen LogP contribution in [-0.2, 0) is 15.1 Å². The molecule has 0 spiro atoms. The summed E-state index contributed by atoms with van der Waals surface area (Å²) in [6.45, 7) is 1.51. The molecule has 0 bridgehead atoms. The number of halogens is 3. The molecule has 0 aliphatic heterocycles. The molecule has 1 atom stereocenters. The highest BCUT2D eigenvalue weighted by atomic mass is 35.5. The monoisotopic (exact) mass is 342 g/mol. The Morgan fingerprint density at radius 3 is 2.59 bits per heavy atom. The number of aromatic nitrogens is 1. The Morgan fingerprint density at radius 2 is 2.00 bits per heavy atom. The molecule has 0 radical (unpaired) electrons. The van der Waals surface area contributed by atoms with Gasteiger partial charge in [0.25, 0.3) is 0 Å². The number of nitrogens with zero attached hydrogens (tertiary/aromatic N) is 1. The van der Waals surface area contributed by atoms with E-state index in [2.05, 4.69) is 4.98 Å². The minimum Gasteiger partial charge on any atom is -0.467 e. The van der Waals surface area contributed by atoms with Gasteiger partial charge in [-0.25, -0.2) is 14.2 Å². The van der Waals surface area contributed by atoms with Crippen LogP contribution in [0.4, 0.5) is 4.39 Å². The van der Waals surface area contributed by atoms with Crippen molar-refractivity contribution in [3.63, 3.8) is 0 Å². The van der Waals surface area contributed by atoms with Crippen molar-refractivity contribution >= 4 is 29.2 Å². The fourth-order valence-corrected chi connectivity index (χ4v) is 2.32. The Morgan fingerprint density at radius 1 is 1.32 bits per heavy atom. The maximum atomic E-state index is 13.3. The number of hydrogen-bond donors (Lipinski definition) is 1. The normalized spacial score (nSPS) is 13.5. The number of rotatable bonds is 3. The van der Waals surface area contributed by atoms with Gasteiger partial charge in [0.05, 0.1) is 17.8 Å². The van der Waals surface area contributed by atoms with Crippen LogP contribution in [0.5, 0.6) is 0 Å². The van der Waals surface area contributed by atoms with Crippen LogP contribution < -0.4 is 5.73 Å². The van der Waals surface area contributed by atoms with Crippen LogP contribution in [-0.4, -0.2) is 18.1 Å². The molecular formula is C15H13Cl2FN2O2. The van der Waals surface area contributed by atoms with Crippen LogP contribution in [0.15, 0.2) is 30.3 Å². The first-order valence-electron chi connectivity index (χ1n) is 6.26. The van der Waals surface area contributed by atoms with Crippen molar-refractivity contribution < 1.29 is 13.9 Å². The van der Waals surface area contributed by atoms with E-state index in [4.69, 9.17) is 33.7 Å². The fraction of sp³-hybridized carbons (Fsp3) is 0.200. The lowest BCUT2D eigenvalue weighted by molar-refractivity contribution is -0.146. The van der Waals surface area contributed by atoms with Crippen LogP contribution in [0.1, 0.15) is 12.5 Å². The van der Waals surface area contributed by atoms with Gasteiger partial charge in [-0.1, -0.05) is 23.2 Å². The van der Waals surface area contributed by atoms with Crippen molar-refractivity contribution in [2.45, 2.75) is 12.5 Å². The number of benzene rings is 1. The van der Waals surface area contributed by atoms with E-state index in [9.17, 15) is 9.18 Å². The number of carbonyl (C=O) groups is 1. The molecular weight excluding hydrogens is 330 g/mol. The maximum absolute atomic E-state index is 13.3. The van der Waals surface area contributed by atoms with Crippen LogP contribution >= 0.6 is 23.2 Å². The van der Waals surface area contributed by atoms with Gasteiger partial charge in [-0.15, -0.1) is 0 Å². The third-order valence-corrected chi connectivity index (χ3v) is 3.70. The van der Waals surface area contributed by atoms with Crippen molar-refractivity contribution in [2.75, 3.05) is 7.11 Å². The van der Waals surface area contributed by atoms with E-state index in [0.717, 1.165) is 0 Å². The molecule has 4 nitrogen and oxygen atoms in total. The number of methoxy groups -OCH3 is 1. The van der Waals surface area contributed by atoms with E-state index in [1.54, 1.807) is 6.07 Å². The van der Waals surface area contributed by atoms with E-state index in [-0.39, 0.29) is 10.2 Å². The summed E-state index contributed by atoms with van der Waals surface area (Å²) in [5.74, 6) is -1.15. The minimum absolute atomic E-state index is 0.0377. The summed E-state index contributed by atoms with van der Waals surface area (Å²) in [6.07, 6.45) is 0. The molecule has 0 aliphatic rings. The molecule has 1 aromatic heterocycles. The minimum atomic E-state index is -1.39. The lowest BCUT2D eigenvalue weighted by atomic mass is 9.93. The highest BCUT2D eigenvalue weighted by Crippen LogP contribution is 2.29. The second-order valence-electron chi connectivity index (χ2n) is 4.89. The summed E-state index contributed by atoms with van der Waals surface area (Å²) in [6, 6.07) is 7.22. The van der Waals surface area contributed by atoms with Gasteiger partial charge in [0, 0.05) is 5.56 Å². The SMILES string of the molecule is COC(=O)C(C)(N)c1cc(Cl)nc(-c2ccc(F)c(Cl)c2)c1. The van der Waals surface area contributed by atoms with Crippen molar-refractivity contribution in [3.8, 4) is 11.3 Å². The Bertz CT molecular complexity index is 735. The Labute approximate surface area is 137 Å². The third kappa shape index (κ3) is 3.21. The predicted molar refractivity (Wildman–Crippen MR) is 83.2 cm³/mol. The van der Waals surface area contributed by atoms with E-state index in [1.807, 2.05) is 0 Å². The summed E-state index contributed by atoms with van der Waals surface area (Å²) in [7, 11) is 1.25. The van der Waals surface area contributed by atoms with E-state index >= 15 is 0 Å². The zero-order valence-electron chi connectivity index (χ0n) is 11.9. The van der Waals surface area contributed by atoms with Crippen LogP contribution in [0.25, 0.3) is 11.3 Å². The quantitative estimate of drug-likeness (QED) is 0.684. The van der Waals surface area contributed by atoms with Crippen LogP contribution in [0.3, 0.4) is 0 Å². The Balaban J connectivity index is 2.55. The van der Waals surface area contributed by atoms with Crippen LogP contribution in [0.2, 0.25) is 10.2 Å². The molecule has 7 heteroatoms. The second kappa shape index (κ2) is 6.20. The van der Waals surface area contributed by atoms with Crippen molar-refractivity contribution in [1.29, 1.82) is 0 Å². The Hall–Kier alpha value is -1.69. The zero-order chi connectivity index (χ0) is 16.5. The van der Waals surface area contributed by atoms with Gasteiger partial charge in [-0.05, 0) is 42.8 Å². The molecule has 116 valence electrons. The maximum Gasteiger partial charge on any atom is 0.330 e. The van der Waals surface area contributed by atoms with Gasteiger partial charge in [-0.3, -0.25) is 0 Å². The summed E-state index contributed by atoms with van der Waals surface area (Å²) in [5.41, 5.74) is 6.02. The molecule has 0 saturated heterocycles. The number of hydrogen-bond acceptors (Lipinski definition) is 4. The molecule has 1 heterocycles. The molecule has 0 saturated carbocycles. The first-order valence-corrected chi connectivity index (χ1v) is 7.02. The number of esters is 1. The highest BCUT2D eigenvalue weighted by molar-refractivity contribution is 6.31. The Kier molecular flexibility index (Phi) is 4.70. The van der Waals surface area contributed by atoms with E-state index < -0.39 is 17.3 Å². The van der Waals surface area contributed by atoms with Crippen molar-refractivity contribution in [2.24, 2.45) is 5.73 Å². The van der Waals surface area contributed by atoms with E-state index in [0.29, 0.717) is 16.8 Å². The molecule has 1 unspecified atom stereocenters. The smallest absolute Gasteiger partial charge is 0.330 e. The molecule has 22 heavy (non-hydrogen) atoms. The molecule has 1 aromatic carbocycles. The van der Waals surface area contributed by atoms with Gasteiger partial charge in [0.1, 0.15) is 16.5 Å². The van der Waals surface area contributed by atoms with E-state index in [1.165, 1.54) is 38.3 Å². The van der Waals surface area contributed by atoms with Crippen molar-refractivity contribution in [1.82, 2.24) is 4.98 Å². The van der Waals surface area contributed by atoms with Crippen LogP contribution in [0, 0.1) is 5.82 Å². The van der Waals surface area contributed by atoms with Gasteiger partial charge < -0.3 is 10.5 Å². The van der Waals surface area contributed by atoms with Crippen molar-refractivity contribution in [3.05, 3.63) is 51.9 Å². The lowest BCUT2D eigenvalue weighted by Crippen LogP contribution is -2.42.